The van der Waals surface area contributed by atoms with Crippen LogP contribution < -0.4 is 10.2 Å². The summed E-state index contributed by atoms with van der Waals surface area (Å²) in [4.78, 5) is 28.8. The largest absolute Gasteiger partial charge is 0.508 e. The fourth-order valence-electron chi connectivity index (χ4n) is 2.62. The third-order valence-corrected chi connectivity index (χ3v) is 3.96. The van der Waals surface area contributed by atoms with Crippen molar-refractivity contribution in [1.29, 1.82) is 0 Å². The zero-order chi connectivity index (χ0) is 19.7. The Morgan fingerprint density at radius 3 is 2.74 bits per heavy atom. The second kappa shape index (κ2) is 7.24. The van der Waals surface area contributed by atoms with Crippen molar-refractivity contribution < 1.29 is 23.8 Å². The standard InChI is InChI=1S/C18H14ClFN2O5/c1-3-27-18(25)12-8-22(9-4-10(23)6-11(5-9)26-2)17-15(16(12)24)13(20)7-14(19)21-17/h4-8,23H,3H2,1-2H3. The van der Waals surface area contributed by atoms with Crippen LogP contribution in [0.1, 0.15) is 17.3 Å². The number of carbonyl (C=O) groups is 1. The second-order valence-electron chi connectivity index (χ2n) is 5.48. The van der Waals surface area contributed by atoms with E-state index in [0.29, 0.717) is 5.75 Å². The molecule has 0 amide bonds. The van der Waals surface area contributed by atoms with E-state index in [2.05, 4.69) is 4.98 Å². The average Bonchev–Trinajstić information content (AvgIpc) is 2.60. The molecule has 7 nitrogen and oxygen atoms in total. The van der Waals surface area contributed by atoms with Gasteiger partial charge in [-0.3, -0.25) is 9.36 Å². The summed E-state index contributed by atoms with van der Waals surface area (Å²) in [5, 5.41) is 9.32. The summed E-state index contributed by atoms with van der Waals surface area (Å²) in [6.45, 7) is 1.62. The molecule has 9 heteroatoms. The number of carbonyl (C=O) groups excluding carboxylic acids is 1. The molecular weight excluding hydrogens is 379 g/mol. The predicted molar refractivity (Wildman–Crippen MR) is 96.5 cm³/mol. The Bertz CT molecular complexity index is 1110. The maximum Gasteiger partial charge on any atom is 0.343 e. The van der Waals surface area contributed by atoms with E-state index in [1.165, 1.54) is 36.1 Å². The van der Waals surface area contributed by atoms with E-state index in [1.54, 1.807) is 6.92 Å². The molecule has 0 spiro atoms. The van der Waals surface area contributed by atoms with Crippen LogP contribution in [0.25, 0.3) is 16.7 Å². The third-order valence-electron chi connectivity index (χ3n) is 3.76. The summed E-state index contributed by atoms with van der Waals surface area (Å²) in [7, 11) is 1.40. The molecule has 0 aliphatic heterocycles. The van der Waals surface area contributed by atoms with Crippen LogP contribution in [-0.4, -0.2) is 34.3 Å². The number of pyridine rings is 2. The van der Waals surface area contributed by atoms with E-state index in [1.807, 2.05) is 0 Å². The highest BCUT2D eigenvalue weighted by Crippen LogP contribution is 2.27. The van der Waals surface area contributed by atoms with Crippen molar-refractivity contribution >= 4 is 28.6 Å². The van der Waals surface area contributed by atoms with Gasteiger partial charge in [0.25, 0.3) is 0 Å². The van der Waals surface area contributed by atoms with E-state index in [-0.39, 0.29) is 34.4 Å². The molecule has 0 aliphatic rings. The Balaban J connectivity index is 2.44. The molecule has 140 valence electrons. The first-order valence-electron chi connectivity index (χ1n) is 7.82. The summed E-state index contributed by atoms with van der Waals surface area (Å²) in [5.74, 6) is -1.67. The Kier molecular flexibility index (Phi) is 5.00. The molecule has 1 N–H and O–H groups in total. The van der Waals surface area contributed by atoms with Crippen molar-refractivity contribution in [3.63, 3.8) is 0 Å². The molecule has 0 fully saturated rings. The van der Waals surface area contributed by atoms with E-state index in [4.69, 9.17) is 21.1 Å². The molecule has 0 saturated carbocycles. The zero-order valence-corrected chi connectivity index (χ0v) is 15.1. The monoisotopic (exact) mass is 392 g/mol. The lowest BCUT2D eigenvalue weighted by molar-refractivity contribution is 0.0524. The number of hydrogen-bond acceptors (Lipinski definition) is 6. The van der Waals surface area contributed by atoms with Crippen molar-refractivity contribution in [1.82, 2.24) is 9.55 Å². The van der Waals surface area contributed by atoms with Crippen LogP contribution in [-0.2, 0) is 4.74 Å². The highest BCUT2D eigenvalue weighted by atomic mass is 35.5. The van der Waals surface area contributed by atoms with Crippen LogP contribution in [0, 0.1) is 5.82 Å². The van der Waals surface area contributed by atoms with Gasteiger partial charge in [-0.1, -0.05) is 11.6 Å². The number of aromatic nitrogens is 2. The van der Waals surface area contributed by atoms with Crippen LogP contribution in [0.5, 0.6) is 11.5 Å². The topological polar surface area (TPSA) is 90.7 Å². The Labute approximate surface area is 157 Å². The van der Waals surface area contributed by atoms with Gasteiger partial charge in [-0.05, 0) is 6.92 Å². The van der Waals surface area contributed by atoms with Gasteiger partial charge in [0.1, 0.15) is 33.4 Å². The SMILES string of the molecule is CCOC(=O)c1cn(-c2cc(O)cc(OC)c2)c2nc(Cl)cc(F)c2c1=O. The van der Waals surface area contributed by atoms with E-state index in [0.717, 1.165) is 6.07 Å². The summed E-state index contributed by atoms with van der Waals surface area (Å²) in [6, 6.07) is 5.09. The van der Waals surface area contributed by atoms with Crippen molar-refractivity contribution in [3.8, 4) is 17.2 Å². The molecule has 0 radical (unpaired) electrons. The minimum atomic E-state index is -0.929. The summed E-state index contributed by atoms with van der Waals surface area (Å²) >= 11 is 5.85. The molecule has 0 atom stereocenters. The lowest BCUT2D eigenvalue weighted by Crippen LogP contribution is -2.22. The quantitative estimate of drug-likeness (QED) is 0.542. The minimum absolute atomic E-state index is 0.0393. The lowest BCUT2D eigenvalue weighted by Gasteiger charge is -2.14. The maximum atomic E-state index is 14.5. The van der Waals surface area contributed by atoms with E-state index < -0.39 is 22.6 Å². The van der Waals surface area contributed by atoms with E-state index >= 15 is 0 Å². The number of aromatic hydroxyl groups is 1. The Morgan fingerprint density at radius 2 is 2.07 bits per heavy atom. The van der Waals surface area contributed by atoms with Gasteiger partial charge in [0.15, 0.2) is 5.65 Å². The molecular formula is C18H14ClFN2O5. The summed E-state index contributed by atoms with van der Waals surface area (Å²) in [6.07, 6.45) is 1.17. The summed E-state index contributed by atoms with van der Waals surface area (Å²) < 4.78 is 25.8. The number of phenolic OH excluding ortho intramolecular Hbond substituents is 1. The average molecular weight is 393 g/mol. The number of fused-ring (bicyclic) bond motifs is 1. The van der Waals surface area contributed by atoms with Crippen molar-refractivity contribution in [2.45, 2.75) is 6.92 Å². The maximum absolute atomic E-state index is 14.5. The Morgan fingerprint density at radius 1 is 1.33 bits per heavy atom. The van der Waals surface area contributed by atoms with Crippen molar-refractivity contribution in [2.24, 2.45) is 0 Å². The number of phenols is 1. The number of methoxy groups -OCH3 is 1. The molecule has 3 aromatic rings. The third kappa shape index (κ3) is 3.43. The van der Waals surface area contributed by atoms with Gasteiger partial charge in [-0.2, -0.15) is 0 Å². The molecule has 0 saturated heterocycles. The number of rotatable bonds is 4. The predicted octanol–water partition coefficient (Wildman–Crippen LogP) is 3.07. The molecule has 2 aromatic heterocycles. The van der Waals surface area contributed by atoms with Crippen LogP contribution >= 0.6 is 11.6 Å². The van der Waals surface area contributed by atoms with Crippen molar-refractivity contribution in [2.75, 3.05) is 13.7 Å². The first-order valence-corrected chi connectivity index (χ1v) is 8.20. The molecule has 0 bridgehead atoms. The second-order valence-corrected chi connectivity index (χ2v) is 5.86. The zero-order valence-electron chi connectivity index (χ0n) is 14.3. The lowest BCUT2D eigenvalue weighted by atomic mass is 10.1. The highest BCUT2D eigenvalue weighted by Gasteiger charge is 2.21. The number of benzene rings is 1. The van der Waals surface area contributed by atoms with Gasteiger partial charge >= 0.3 is 5.97 Å². The highest BCUT2D eigenvalue weighted by molar-refractivity contribution is 6.29. The van der Waals surface area contributed by atoms with Gasteiger partial charge in [-0.25, -0.2) is 14.2 Å². The molecule has 0 unspecified atom stereocenters. The fourth-order valence-corrected chi connectivity index (χ4v) is 2.79. The normalized spacial score (nSPS) is 10.8. The van der Waals surface area contributed by atoms with Crippen LogP contribution in [0.4, 0.5) is 4.39 Å². The molecule has 1 aromatic carbocycles. The first kappa shape index (κ1) is 18.7. The molecule has 3 rings (SSSR count). The van der Waals surface area contributed by atoms with Crippen LogP contribution in [0.3, 0.4) is 0 Å². The number of halogens is 2. The van der Waals surface area contributed by atoms with E-state index in [9.17, 15) is 19.1 Å². The van der Waals surface area contributed by atoms with Crippen LogP contribution in [0.15, 0.2) is 35.3 Å². The molecule has 2 heterocycles. The number of hydrogen-bond donors (Lipinski definition) is 1. The number of esters is 1. The van der Waals surface area contributed by atoms with Gasteiger partial charge in [0.05, 0.1) is 19.4 Å². The Hall–Kier alpha value is -3.13. The molecule has 27 heavy (non-hydrogen) atoms. The van der Waals surface area contributed by atoms with Gasteiger partial charge in [-0.15, -0.1) is 0 Å². The smallest absolute Gasteiger partial charge is 0.343 e. The fraction of sp³-hybridized carbons (Fsp3) is 0.167. The van der Waals surface area contributed by atoms with Gasteiger partial charge < -0.3 is 14.6 Å². The summed E-state index contributed by atoms with van der Waals surface area (Å²) in [5.41, 5.74) is -1.09. The first-order chi connectivity index (χ1) is 12.8. The van der Waals surface area contributed by atoms with Crippen molar-refractivity contribution in [3.05, 3.63) is 57.2 Å². The number of ether oxygens (including phenoxy) is 2. The number of nitrogens with zero attached hydrogens (tertiary/aromatic N) is 2. The van der Waals surface area contributed by atoms with Gasteiger partial charge in [0, 0.05) is 30.5 Å². The molecule has 0 aliphatic carbocycles. The van der Waals surface area contributed by atoms with Crippen LogP contribution in [0.2, 0.25) is 5.15 Å². The van der Waals surface area contributed by atoms with Gasteiger partial charge in [0.2, 0.25) is 5.43 Å². The minimum Gasteiger partial charge on any atom is -0.508 e.